The molecule has 122 valence electrons. The van der Waals surface area contributed by atoms with Crippen LogP contribution in [0.25, 0.3) is 10.4 Å². The summed E-state index contributed by atoms with van der Waals surface area (Å²) in [5, 5.41) is 20.8. The Balaban J connectivity index is 2.16. The molecule has 0 saturated heterocycles. The Morgan fingerprint density at radius 2 is 1.91 bits per heavy atom. The highest BCUT2D eigenvalue weighted by molar-refractivity contribution is 7.17. The lowest BCUT2D eigenvalue weighted by Gasteiger charge is -2.17. The highest BCUT2D eigenvalue weighted by Gasteiger charge is 2.30. The van der Waals surface area contributed by atoms with Crippen LogP contribution in [0.4, 0.5) is 4.39 Å². The number of rotatable bonds is 5. The largest absolute Gasteiger partial charge is 0.479 e. The van der Waals surface area contributed by atoms with Crippen LogP contribution >= 0.6 is 11.3 Å². The van der Waals surface area contributed by atoms with Crippen molar-refractivity contribution in [1.29, 1.82) is 0 Å². The number of nitrogens with one attached hydrogen (secondary N) is 1. The van der Waals surface area contributed by atoms with E-state index in [1.807, 2.05) is 6.92 Å². The molecule has 2 rings (SSSR count). The first kappa shape index (κ1) is 17.1. The first-order valence-electron chi connectivity index (χ1n) is 6.81. The second-order valence-electron chi connectivity index (χ2n) is 5.39. The summed E-state index contributed by atoms with van der Waals surface area (Å²) >= 11 is 1.22. The number of carboxylic acids is 1. The Morgan fingerprint density at radius 1 is 1.30 bits per heavy atom. The lowest BCUT2D eigenvalue weighted by atomic mass is 10.1. The Labute approximate surface area is 136 Å². The summed E-state index contributed by atoms with van der Waals surface area (Å²) in [7, 11) is 0. The predicted molar refractivity (Wildman–Crippen MR) is 85.0 cm³/mol. The molecule has 0 spiro atoms. The second kappa shape index (κ2) is 6.47. The van der Waals surface area contributed by atoms with Gasteiger partial charge in [-0.15, -0.1) is 11.3 Å². The van der Waals surface area contributed by atoms with Crippen LogP contribution in [0.3, 0.4) is 0 Å². The molecule has 1 heterocycles. The molecule has 1 aromatic heterocycles. The van der Waals surface area contributed by atoms with E-state index in [4.69, 9.17) is 5.11 Å². The van der Waals surface area contributed by atoms with Crippen molar-refractivity contribution in [2.24, 2.45) is 0 Å². The number of aliphatic hydroxyl groups is 1. The maximum atomic E-state index is 13.0. The standard InChI is InChI=1S/C16H16FNO4S/c1-9-7-12(14(19)18-8-16(2,22)15(20)21)23-13(9)10-3-5-11(17)6-4-10/h3-7,22H,8H2,1-2H3,(H,18,19)(H,20,21). The van der Waals surface area contributed by atoms with Crippen LogP contribution in [-0.4, -0.2) is 34.2 Å². The molecule has 2 aromatic rings. The summed E-state index contributed by atoms with van der Waals surface area (Å²) in [5.74, 6) is -2.21. The van der Waals surface area contributed by atoms with Crippen molar-refractivity contribution in [3.05, 3.63) is 46.6 Å². The molecule has 7 heteroatoms. The van der Waals surface area contributed by atoms with E-state index in [0.717, 1.165) is 22.9 Å². The third-order valence-corrected chi connectivity index (χ3v) is 4.59. The molecular formula is C16H16FNO4S. The minimum absolute atomic E-state index is 0.336. The number of carbonyl (C=O) groups is 2. The van der Waals surface area contributed by atoms with E-state index in [1.54, 1.807) is 18.2 Å². The van der Waals surface area contributed by atoms with E-state index in [2.05, 4.69) is 5.32 Å². The molecule has 5 nitrogen and oxygen atoms in total. The summed E-state index contributed by atoms with van der Waals surface area (Å²) in [6.07, 6.45) is 0. The minimum Gasteiger partial charge on any atom is -0.479 e. The quantitative estimate of drug-likeness (QED) is 0.782. The van der Waals surface area contributed by atoms with E-state index in [9.17, 15) is 19.1 Å². The molecule has 1 atom stereocenters. The Morgan fingerprint density at radius 3 is 2.48 bits per heavy atom. The van der Waals surface area contributed by atoms with Crippen LogP contribution in [0.5, 0.6) is 0 Å². The fourth-order valence-corrected chi connectivity index (χ4v) is 2.99. The summed E-state index contributed by atoms with van der Waals surface area (Å²) in [6.45, 7) is 2.54. The van der Waals surface area contributed by atoms with Crippen LogP contribution < -0.4 is 5.32 Å². The zero-order valence-electron chi connectivity index (χ0n) is 12.6. The van der Waals surface area contributed by atoms with Crippen molar-refractivity contribution in [2.45, 2.75) is 19.4 Å². The number of carbonyl (C=O) groups excluding carboxylic acids is 1. The minimum atomic E-state index is -2.03. The van der Waals surface area contributed by atoms with Gasteiger partial charge < -0.3 is 15.5 Å². The number of aryl methyl sites for hydroxylation is 1. The van der Waals surface area contributed by atoms with E-state index >= 15 is 0 Å². The SMILES string of the molecule is Cc1cc(C(=O)NCC(C)(O)C(=O)O)sc1-c1ccc(F)cc1. The molecule has 0 aliphatic rings. The van der Waals surface area contributed by atoms with Gasteiger partial charge in [-0.25, -0.2) is 9.18 Å². The number of aliphatic carboxylic acids is 1. The van der Waals surface area contributed by atoms with Crippen molar-refractivity contribution < 1.29 is 24.2 Å². The van der Waals surface area contributed by atoms with Gasteiger partial charge in [0.25, 0.3) is 5.91 Å². The molecule has 1 amide bonds. The van der Waals surface area contributed by atoms with Gasteiger partial charge in [-0.3, -0.25) is 4.79 Å². The molecule has 0 fully saturated rings. The molecule has 23 heavy (non-hydrogen) atoms. The molecular weight excluding hydrogens is 321 g/mol. The van der Waals surface area contributed by atoms with E-state index in [1.165, 1.54) is 23.5 Å². The molecule has 0 aliphatic carbocycles. The van der Waals surface area contributed by atoms with Crippen LogP contribution in [0.15, 0.2) is 30.3 Å². The molecule has 1 aromatic carbocycles. The highest BCUT2D eigenvalue weighted by atomic mass is 32.1. The van der Waals surface area contributed by atoms with Crippen LogP contribution in [0, 0.1) is 12.7 Å². The topological polar surface area (TPSA) is 86.6 Å². The van der Waals surface area contributed by atoms with Crippen LogP contribution in [0.1, 0.15) is 22.2 Å². The summed E-state index contributed by atoms with van der Waals surface area (Å²) in [4.78, 5) is 24.1. The second-order valence-corrected chi connectivity index (χ2v) is 6.44. The van der Waals surface area contributed by atoms with Gasteiger partial charge in [0.2, 0.25) is 0 Å². The average molecular weight is 337 g/mol. The molecule has 0 aliphatic heterocycles. The fraction of sp³-hybridized carbons (Fsp3) is 0.250. The third-order valence-electron chi connectivity index (χ3n) is 3.30. The zero-order valence-corrected chi connectivity index (χ0v) is 13.4. The molecule has 1 unspecified atom stereocenters. The van der Waals surface area contributed by atoms with Crippen molar-refractivity contribution in [2.75, 3.05) is 6.54 Å². The number of carboxylic acid groups (broad SMARTS) is 1. The number of thiophene rings is 1. The summed E-state index contributed by atoms with van der Waals surface area (Å²) in [6, 6.07) is 7.63. The smallest absolute Gasteiger partial charge is 0.337 e. The van der Waals surface area contributed by atoms with E-state index in [-0.39, 0.29) is 5.82 Å². The third kappa shape index (κ3) is 3.94. The summed E-state index contributed by atoms with van der Waals surface area (Å²) < 4.78 is 13.0. The maximum Gasteiger partial charge on any atom is 0.337 e. The zero-order chi connectivity index (χ0) is 17.2. The van der Waals surface area contributed by atoms with E-state index < -0.39 is 24.0 Å². The van der Waals surface area contributed by atoms with Crippen LogP contribution in [-0.2, 0) is 4.79 Å². The van der Waals surface area contributed by atoms with Gasteiger partial charge in [0, 0.05) is 4.88 Å². The first-order valence-corrected chi connectivity index (χ1v) is 7.63. The predicted octanol–water partition coefficient (Wildman–Crippen LogP) is 2.43. The summed E-state index contributed by atoms with van der Waals surface area (Å²) in [5.41, 5.74) is -0.371. The Kier molecular flexibility index (Phi) is 4.82. The Bertz CT molecular complexity index is 737. The van der Waals surface area contributed by atoms with Gasteiger partial charge in [-0.2, -0.15) is 0 Å². The number of benzene rings is 1. The van der Waals surface area contributed by atoms with Crippen molar-refractivity contribution in [1.82, 2.24) is 5.32 Å². The van der Waals surface area contributed by atoms with Gasteiger partial charge in [-0.1, -0.05) is 12.1 Å². The normalized spacial score (nSPS) is 13.4. The number of halogens is 1. The van der Waals surface area contributed by atoms with Gasteiger partial charge in [0.05, 0.1) is 11.4 Å². The van der Waals surface area contributed by atoms with Crippen molar-refractivity contribution >= 4 is 23.2 Å². The van der Waals surface area contributed by atoms with Crippen LogP contribution in [0.2, 0.25) is 0 Å². The highest BCUT2D eigenvalue weighted by Crippen LogP contribution is 2.32. The van der Waals surface area contributed by atoms with Gasteiger partial charge in [0.15, 0.2) is 5.60 Å². The lowest BCUT2D eigenvalue weighted by Crippen LogP contribution is -2.46. The number of hydrogen-bond donors (Lipinski definition) is 3. The fourth-order valence-electron chi connectivity index (χ4n) is 1.90. The Hall–Kier alpha value is -2.25. The molecule has 0 saturated carbocycles. The van der Waals surface area contributed by atoms with Crippen molar-refractivity contribution in [3.63, 3.8) is 0 Å². The number of hydrogen-bond acceptors (Lipinski definition) is 4. The van der Waals surface area contributed by atoms with Gasteiger partial charge in [-0.05, 0) is 43.2 Å². The average Bonchev–Trinajstić information content (AvgIpc) is 2.87. The molecule has 3 N–H and O–H groups in total. The van der Waals surface area contributed by atoms with Gasteiger partial charge >= 0.3 is 5.97 Å². The molecule has 0 bridgehead atoms. The molecule has 0 radical (unpaired) electrons. The lowest BCUT2D eigenvalue weighted by molar-refractivity contribution is -0.155. The number of amides is 1. The maximum absolute atomic E-state index is 13.0. The monoisotopic (exact) mass is 337 g/mol. The van der Waals surface area contributed by atoms with E-state index in [0.29, 0.717) is 4.88 Å². The first-order chi connectivity index (χ1) is 10.7. The van der Waals surface area contributed by atoms with Gasteiger partial charge in [0.1, 0.15) is 5.82 Å². The van der Waals surface area contributed by atoms with Crippen molar-refractivity contribution in [3.8, 4) is 10.4 Å².